The van der Waals surface area contributed by atoms with Crippen LogP contribution in [0.1, 0.15) is 67.2 Å². The highest BCUT2D eigenvalue weighted by atomic mass is 35.5. The van der Waals surface area contributed by atoms with Crippen LogP contribution in [0, 0.1) is 28.6 Å². The second kappa shape index (κ2) is 8.52. The molecule has 3 atom stereocenters. The van der Waals surface area contributed by atoms with Crippen LogP contribution in [0.4, 0.5) is 0 Å². The first-order valence-electron chi connectivity index (χ1n) is 11.1. The molecule has 0 saturated carbocycles. The number of hydrogen-bond acceptors (Lipinski definition) is 2. The van der Waals surface area contributed by atoms with E-state index < -0.39 is 0 Å². The van der Waals surface area contributed by atoms with Gasteiger partial charge in [-0.25, -0.2) is 0 Å². The lowest BCUT2D eigenvalue weighted by Crippen LogP contribution is -2.38. The summed E-state index contributed by atoms with van der Waals surface area (Å²) in [6, 6.07) is 0. The molecule has 0 fully saturated rings. The Morgan fingerprint density at radius 2 is 1.55 bits per heavy atom. The SMILES string of the molecule is C=CC1=C(C(C2=C(C)CC(C)(C)CC2=O)C2C=CC(Cl)=C(Cl)C2C)C(=O)CC(C)(C)C1. The normalized spacial score (nSPS) is 29.5. The second-order valence-corrected chi connectivity index (χ2v) is 11.9. The van der Waals surface area contributed by atoms with Gasteiger partial charge < -0.3 is 0 Å². The third kappa shape index (κ3) is 4.71. The van der Waals surface area contributed by atoms with Gasteiger partial charge in [-0.2, -0.15) is 0 Å². The Labute approximate surface area is 197 Å². The fourth-order valence-electron chi connectivity index (χ4n) is 5.78. The fraction of sp³-hybridized carbons (Fsp3) is 0.556. The van der Waals surface area contributed by atoms with E-state index in [-0.39, 0.29) is 40.2 Å². The number of Topliss-reactive ketones (excluding diaryl/α,β-unsaturated/α-hetero) is 2. The Kier molecular flexibility index (Phi) is 6.67. The largest absolute Gasteiger partial charge is 0.295 e. The smallest absolute Gasteiger partial charge is 0.160 e. The minimum Gasteiger partial charge on any atom is -0.295 e. The highest BCUT2D eigenvalue weighted by molar-refractivity contribution is 6.40. The standard InChI is InChI=1S/C27H34Cl2O2/c1-8-17-12-27(6,7)14-21(31)23(17)24(18-9-10-19(28)25(29)16(18)3)22-15(2)11-26(4,5)13-20(22)30/h8-10,16,18,24H,1,11-14H2,2-7H3. The topological polar surface area (TPSA) is 34.1 Å². The molecule has 31 heavy (non-hydrogen) atoms. The van der Waals surface area contributed by atoms with E-state index in [0.29, 0.717) is 22.9 Å². The van der Waals surface area contributed by atoms with Gasteiger partial charge in [-0.05, 0) is 48.2 Å². The molecule has 3 aliphatic rings. The maximum absolute atomic E-state index is 13.6. The fourth-order valence-corrected chi connectivity index (χ4v) is 6.23. The Morgan fingerprint density at radius 1 is 1.00 bits per heavy atom. The maximum atomic E-state index is 13.6. The number of hydrogen-bond donors (Lipinski definition) is 0. The minimum atomic E-state index is -0.329. The van der Waals surface area contributed by atoms with Crippen LogP contribution in [0.5, 0.6) is 0 Å². The van der Waals surface area contributed by atoms with Gasteiger partial charge in [0.2, 0.25) is 0 Å². The molecule has 3 unspecified atom stereocenters. The van der Waals surface area contributed by atoms with E-state index in [1.165, 1.54) is 0 Å². The van der Waals surface area contributed by atoms with Gasteiger partial charge in [0.15, 0.2) is 11.6 Å². The predicted octanol–water partition coefficient (Wildman–Crippen LogP) is 7.69. The predicted molar refractivity (Wildman–Crippen MR) is 130 cm³/mol. The Hall–Kier alpha value is -1.38. The summed E-state index contributed by atoms with van der Waals surface area (Å²) in [4.78, 5) is 27.1. The first-order valence-corrected chi connectivity index (χ1v) is 11.9. The Bertz CT molecular complexity index is 956. The summed E-state index contributed by atoms with van der Waals surface area (Å²) in [6.45, 7) is 16.6. The molecule has 4 heteroatoms. The monoisotopic (exact) mass is 460 g/mol. The van der Waals surface area contributed by atoms with Crippen LogP contribution in [0.2, 0.25) is 0 Å². The number of halogens is 2. The molecule has 0 aromatic carbocycles. The molecule has 3 rings (SSSR count). The molecule has 0 amide bonds. The van der Waals surface area contributed by atoms with Gasteiger partial charge in [0.1, 0.15) is 0 Å². The highest BCUT2D eigenvalue weighted by Crippen LogP contribution is 2.51. The summed E-state index contributed by atoms with van der Waals surface area (Å²) in [5.41, 5.74) is 3.40. The quantitative estimate of drug-likeness (QED) is 0.430. The molecule has 0 aromatic heterocycles. The van der Waals surface area contributed by atoms with Gasteiger partial charge in [-0.1, -0.05) is 82.1 Å². The summed E-state index contributed by atoms with van der Waals surface area (Å²) in [5.74, 6) is -0.269. The molecule has 2 nitrogen and oxygen atoms in total. The van der Waals surface area contributed by atoms with Crippen molar-refractivity contribution in [2.75, 3.05) is 0 Å². The van der Waals surface area contributed by atoms with Crippen molar-refractivity contribution in [3.05, 3.63) is 57.2 Å². The molecule has 0 aromatic rings. The van der Waals surface area contributed by atoms with Gasteiger partial charge in [-0.3, -0.25) is 9.59 Å². The zero-order valence-corrected chi connectivity index (χ0v) is 21.1. The van der Waals surface area contributed by atoms with Crippen molar-refractivity contribution in [2.24, 2.45) is 28.6 Å². The third-order valence-corrected chi connectivity index (χ3v) is 7.99. The third-order valence-electron chi connectivity index (χ3n) is 7.02. The van der Waals surface area contributed by atoms with Crippen LogP contribution in [0.15, 0.2) is 57.2 Å². The average molecular weight is 461 g/mol. The maximum Gasteiger partial charge on any atom is 0.160 e. The zero-order valence-electron chi connectivity index (χ0n) is 19.6. The van der Waals surface area contributed by atoms with Gasteiger partial charge in [0, 0.05) is 40.9 Å². The van der Waals surface area contributed by atoms with Crippen LogP contribution in [0.25, 0.3) is 0 Å². The highest BCUT2D eigenvalue weighted by Gasteiger charge is 2.45. The summed E-state index contributed by atoms with van der Waals surface area (Å²) < 4.78 is 0. The van der Waals surface area contributed by atoms with Crippen molar-refractivity contribution in [1.82, 2.24) is 0 Å². The molecule has 0 N–H and O–H groups in total. The molecule has 0 bridgehead atoms. The number of rotatable bonds is 4. The van der Waals surface area contributed by atoms with E-state index >= 15 is 0 Å². The van der Waals surface area contributed by atoms with Crippen molar-refractivity contribution < 1.29 is 9.59 Å². The van der Waals surface area contributed by atoms with E-state index in [9.17, 15) is 9.59 Å². The van der Waals surface area contributed by atoms with Gasteiger partial charge in [0.05, 0.1) is 5.03 Å². The van der Waals surface area contributed by atoms with E-state index in [1.807, 2.05) is 32.1 Å². The molecule has 0 radical (unpaired) electrons. The van der Waals surface area contributed by atoms with Gasteiger partial charge in [-0.15, -0.1) is 0 Å². The van der Waals surface area contributed by atoms with Crippen LogP contribution in [-0.4, -0.2) is 11.6 Å². The van der Waals surface area contributed by atoms with Crippen molar-refractivity contribution in [1.29, 1.82) is 0 Å². The van der Waals surface area contributed by atoms with Gasteiger partial charge >= 0.3 is 0 Å². The lowest BCUT2D eigenvalue weighted by molar-refractivity contribution is -0.119. The molecule has 0 spiro atoms. The molecular formula is C27H34Cl2O2. The lowest BCUT2D eigenvalue weighted by Gasteiger charge is -2.42. The first kappa shape index (κ1) is 24.3. The molecule has 0 aliphatic heterocycles. The average Bonchev–Trinajstić information content (AvgIpc) is 2.62. The molecule has 0 heterocycles. The van der Waals surface area contributed by atoms with Crippen LogP contribution >= 0.6 is 23.2 Å². The Morgan fingerprint density at radius 3 is 2.10 bits per heavy atom. The van der Waals surface area contributed by atoms with Gasteiger partial charge in [0.25, 0.3) is 0 Å². The minimum absolute atomic E-state index is 0.0711. The van der Waals surface area contributed by atoms with Crippen molar-refractivity contribution in [3.63, 3.8) is 0 Å². The first-order chi connectivity index (χ1) is 14.3. The van der Waals surface area contributed by atoms with Crippen LogP contribution in [0.3, 0.4) is 0 Å². The second-order valence-electron chi connectivity index (χ2n) is 11.1. The van der Waals surface area contributed by atoms with Crippen LogP contribution < -0.4 is 0 Å². The van der Waals surface area contributed by atoms with E-state index in [4.69, 9.17) is 23.2 Å². The van der Waals surface area contributed by atoms with E-state index in [1.54, 1.807) is 0 Å². The molecule has 168 valence electrons. The number of allylic oxidation sites excluding steroid dienone is 9. The Balaban J connectivity index is 2.25. The summed E-state index contributed by atoms with van der Waals surface area (Å²) in [5, 5.41) is 1.12. The molecule has 0 saturated heterocycles. The van der Waals surface area contributed by atoms with Crippen molar-refractivity contribution in [2.45, 2.75) is 67.2 Å². The molecular weight excluding hydrogens is 427 g/mol. The van der Waals surface area contributed by atoms with E-state index in [0.717, 1.165) is 35.1 Å². The number of ketones is 2. The number of carbonyl (C=O) groups excluding carboxylic acids is 2. The number of carbonyl (C=O) groups is 2. The molecule has 3 aliphatic carbocycles. The van der Waals surface area contributed by atoms with Crippen molar-refractivity contribution in [3.8, 4) is 0 Å². The lowest BCUT2D eigenvalue weighted by atomic mass is 9.61. The van der Waals surface area contributed by atoms with E-state index in [2.05, 4.69) is 34.3 Å². The summed E-state index contributed by atoms with van der Waals surface area (Å²) >= 11 is 12.9. The van der Waals surface area contributed by atoms with Crippen LogP contribution in [-0.2, 0) is 9.59 Å². The summed E-state index contributed by atoms with van der Waals surface area (Å²) in [6.07, 6.45) is 8.25. The zero-order chi connectivity index (χ0) is 23.3. The van der Waals surface area contributed by atoms with Crippen molar-refractivity contribution >= 4 is 34.8 Å². The summed E-state index contributed by atoms with van der Waals surface area (Å²) in [7, 11) is 0.